The first-order valence-corrected chi connectivity index (χ1v) is 19.6. The molecule has 0 bridgehead atoms. The Labute approximate surface area is 358 Å². The summed E-state index contributed by atoms with van der Waals surface area (Å²) in [4.78, 5) is 27.5. The zero-order chi connectivity index (χ0) is 43.6. The van der Waals surface area contributed by atoms with Crippen LogP contribution in [-0.4, -0.2) is 61.6 Å². The Bertz CT molecular complexity index is 2410. The number of benzene rings is 4. The van der Waals surface area contributed by atoms with E-state index in [1.165, 1.54) is 20.0 Å². The molecule has 5 rings (SSSR count). The van der Waals surface area contributed by atoms with Gasteiger partial charge in [0.05, 0.1) is 28.8 Å². The zero-order valence-electron chi connectivity index (χ0n) is 33.5. The highest BCUT2D eigenvalue weighted by Crippen LogP contribution is 2.36. The van der Waals surface area contributed by atoms with Gasteiger partial charge in [0, 0.05) is 42.7 Å². The average Bonchev–Trinajstić information content (AvgIpc) is 3.24. The van der Waals surface area contributed by atoms with Gasteiger partial charge in [0.2, 0.25) is 0 Å². The van der Waals surface area contributed by atoms with Gasteiger partial charge in [-0.25, -0.2) is 0 Å². The van der Waals surface area contributed by atoms with Crippen LogP contribution in [0.15, 0.2) is 85.2 Å². The van der Waals surface area contributed by atoms with Crippen molar-refractivity contribution in [3.63, 3.8) is 0 Å². The quantitative estimate of drug-likeness (QED) is 0.0462. The minimum absolute atomic E-state index is 0.00129. The fraction of sp³-hybridized carbons (Fsp3) is 0.289. The maximum atomic E-state index is 11.8. The van der Waals surface area contributed by atoms with E-state index in [1.807, 2.05) is 50.2 Å². The standard InChI is InChI=1S/C45H46Cl2N4O9/c1-27-32(23-59-39-12-11-29(14-37(39)46)20-50-44(3,25-52)42(54)55)7-5-9-35(27)36-10-6-8-33(28(36)2)24-60-41-16-40(58-22-31-13-30(17-48)18-49-19-31)34(15-38(41)47)21-51-45(4,26-53)43(56)57/h5-16,18-19,50-53H,20-26H2,1-4H3,(H,54,55)(H,56,57). The number of hydrogen-bond acceptors (Lipinski definition) is 11. The lowest BCUT2D eigenvalue weighted by molar-refractivity contribution is -0.146. The van der Waals surface area contributed by atoms with Crippen molar-refractivity contribution < 1.29 is 44.2 Å². The van der Waals surface area contributed by atoms with Gasteiger partial charge >= 0.3 is 11.9 Å². The molecule has 15 heteroatoms. The molecule has 0 fully saturated rings. The largest absolute Gasteiger partial charge is 0.488 e. The summed E-state index contributed by atoms with van der Waals surface area (Å²) in [5.74, 6) is -1.24. The van der Waals surface area contributed by atoms with Gasteiger partial charge in [0.15, 0.2) is 0 Å². The van der Waals surface area contributed by atoms with Crippen LogP contribution in [0.5, 0.6) is 17.2 Å². The second kappa shape index (κ2) is 20.0. The van der Waals surface area contributed by atoms with Gasteiger partial charge in [0.25, 0.3) is 0 Å². The Morgan fingerprint density at radius 2 is 1.23 bits per heavy atom. The van der Waals surface area contributed by atoms with Crippen molar-refractivity contribution in [3.8, 4) is 34.4 Å². The van der Waals surface area contributed by atoms with Gasteiger partial charge in [-0.3, -0.25) is 25.2 Å². The van der Waals surface area contributed by atoms with Gasteiger partial charge in [-0.2, -0.15) is 5.26 Å². The molecular weight excluding hydrogens is 811 g/mol. The molecule has 5 aromatic rings. The minimum atomic E-state index is -1.62. The SMILES string of the molecule is Cc1c(COc2ccc(CNC(C)(CO)C(=O)O)cc2Cl)cccc1-c1cccc(COc2cc(OCc3cncc(C#N)c3)c(CNC(C)(CO)C(=O)O)cc2Cl)c1C. The molecule has 0 radical (unpaired) electrons. The second-order valence-corrected chi connectivity index (χ2v) is 15.5. The Morgan fingerprint density at radius 1 is 0.683 bits per heavy atom. The third-order valence-electron chi connectivity index (χ3n) is 10.3. The van der Waals surface area contributed by atoms with Crippen LogP contribution in [0.4, 0.5) is 0 Å². The fourth-order valence-electron chi connectivity index (χ4n) is 6.08. The number of aromatic nitrogens is 1. The number of hydrogen-bond donors (Lipinski definition) is 6. The highest BCUT2D eigenvalue weighted by molar-refractivity contribution is 6.32. The summed E-state index contributed by atoms with van der Waals surface area (Å²) in [5.41, 5.74) is 5.01. The fourth-order valence-corrected chi connectivity index (χ4v) is 6.58. The van der Waals surface area contributed by atoms with E-state index in [-0.39, 0.29) is 37.9 Å². The summed E-state index contributed by atoms with van der Waals surface area (Å²) < 4.78 is 18.6. The number of aliphatic hydroxyl groups excluding tert-OH is 2. The summed E-state index contributed by atoms with van der Waals surface area (Å²) in [6.07, 6.45) is 3.03. The Balaban J connectivity index is 1.32. The van der Waals surface area contributed by atoms with Crippen LogP contribution in [-0.2, 0) is 42.5 Å². The summed E-state index contributed by atoms with van der Waals surface area (Å²) in [5, 5.41) is 54.0. The molecular formula is C45H46Cl2N4O9. The van der Waals surface area contributed by atoms with E-state index in [4.69, 9.17) is 37.4 Å². The number of rotatable bonds is 20. The average molecular weight is 858 g/mol. The van der Waals surface area contributed by atoms with Crippen LogP contribution in [0.3, 0.4) is 0 Å². The van der Waals surface area contributed by atoms with Gasteiger partial charge in [-0.15, -0.1) is 0 Å². The van der Waals surface area contributed by atoms with Gasteiger partial charge in [-0.05, 0) is 90.9 Å². The first-order valence-electron chi connectivity index (χ1n) is 18.8. The van der Waals surface area contributed by atoms with Crippen LogP contribution >= 0.6 is 23.2 Å². The monoisotopic (exact) mass is 856 g/mol. The normalized spacial score (nSPS) is 13.1. The molecule has 2 unspecified atom stereocenters. The second-order valence-electron chi connectivity index (χ2n) is 14.7. The molecule has 0 aliphatic carbocycles. The maximum absolute atomic E-state index is 11.8. The van der Waals surface area contributed by atoms with Crippen molar-refractivity contribution in [1.82, 2.24) is 15.6 Å². The van der Waals surface area contributed by atoms with E-state index < -0.39 is 36.2 Å². The first-order chi connectivity index (χ1) is 28.6. The molecule has 60 heavy (non-hydrogen) atoms. The number of aliphatic carboxylic acids is 2. The van der Waals surface area contributed by atoms with E-state index in [2.05, 4.69) is 21.7 Å². The van der Waals surface area contributed by atoms with E-state index in [0.29, 0.717) is 39.0 Å². The predicted molar refractivity (Wildman–Crippen MR) is 226 cm³/mol. The Kier molecular flexibility index (Phi) is 15.1. The third-order valence-corrected chi connectivity index (χ3v) is 10.9. The van der Waals surface area contributed by atoms with Crippen molar-refractivity contribution >= 4 is 35.1 Å². The van der Waals surface area contributed by atoms with Crippen LogP contribution in [0, 0.1) is 25.2 Å². The molecule has 4 aromatic carbocycles. The number of nitrogens with zero attached hydrogens (tertiary/aromatic N) is 2. The molecule has 0 aliphatic heterocycles. The van der Waals surface area contributed by atoms with E-state index in [1.54, 1.807) is 42.6 Å². The molecule has 0 aliphatic rings. The molecule has 0 saturated heterocycles. The molecule has 2 atom stereocenters. The van der Waals surface area contributed by atoms with Crippen molar-refractivity contribution in [1.29, 1.82) is 5.26 Å². The number of nitrogens with one attached hydrogen (secondary N) is 2. The molecule has 13 nitrogen and oxygen atoms in total. The molecule has 1 aromatic heterocycles. The highest BCUT2D eigenvalue weighted by atomic mass is 35.5. The molecule has 0 amide bonds. The Morgan fingerprint density at radius 3 is 1.78 bits per heavy atom. The lowest BCUT2D eigenvalue weighted by Crippen LogP contribution is -2.52. The first kappa shape index (κ1) is 45.4. The number of carbonyl (C=O) groups is 2. The summed E-state index contributed by atoms with van der Waals surface area (Å²) >= 11 is 13.3. The smallest absolute Gasteiger partial charge is 0.326 e. The van der Waals surface area contributed by atoms with E-state index in [0.717, 1.165) is 38.9 Å². The van der Waals surface area contributed by atoms with E-state index >= 15 is 0 Å². The number of nitriles is 1. The number of pyridine rings is 1. The lowest BCUT2D eigenvalue weighted by atomic mass is 9.92. The zero-order valence-corrected chi connectivity index (χ0v) is 35.0. The molecule has 0 saturated carbocycles. The van der Waals surface area contributed by atoms with Gasteiger partial charge in [0.1, 0.15) is 54.2 Å². The molecule has 6 N–H and O–H groups in total. The maximum Gasteiger partial charge on any atom is 0.326 e. The van der Waals surface area contributed by atoms with Crippen molar-refractivity contribution in [2.75, 3.05) is 13.2 Å². The van der Waals surface area contributed by atoms with Crippen molar-refractivity contribution in [2.24, 2.45) is 0 Å². The van der Waals surface area contributed by atoms with Crippen LogP contribution in [0.2, 0.25) is 10.0 Å². The van der Waals surface area contributed by atoms with Crippen LogP contribution < -0.4 is 24.8 Å². The van der Waals surface area contributed by atoms with Crippen molar-refractivity contribution in [2.45, 2.75) is 71.7 Å². The summed E-state index contributed by atoms with van der Waals surface area (Å²) in [6.45, 7) is 6.23. The topological polar surface area (TPSA) is 203 Å². The van der Waals surface area contributed by atoms with Crippen LogP contribution in [0.25, 0.3) is 11.1 Å². The molecule has 0 spiro atoms. The summed E-state index contributed by atoms with van der Waals surface area (Å²) in [6, 6.07) is 24.1. The number of halogens is 2. The minimum Gasteiger partial charge on any atom is -0.488 e. The van der Waals surface area contributed by atoms with Crippen molar-refractivity contribution in [3.05, 3.63) is 140 Å². The van der Waals surface area contributed by atoms with E-state index in [9.17, 15) is 35.3 Å². The van der Waals surface area contributed by atoms with Gasteiger partial charge in [-0.1, -0.05) is 65.7 Å². The predicted octanol–water partition coefficient (Wildman–Crippen LogP) is 7.13. The molecule has 1 heterocycles. The van der Waals surface area contributed by atoms with Gasteiger partial charge < -0.3 is 34.6 Å². The van der Waals surface area contributed by atoms with Crippen LogP contribution in [0.1, 0.15) is 58.4 Å². The number of carboxylic acids is 2. The number of aliphatic hydroxyl groups is 2. The lowest BCUT2D eigenvalue weighted by Gasteiger charge is -2.25. The number of carboxylic acid groups (broad SMARTS) is 2. The summed E-state index contributed by atoms with van der Waals surface area (Å²) in [7, 11) is 0. The highest BCUT2D eigenvalue weighted by Gasteiger charge is 2.33. The molecule has 314 valence electrons. The third kappa shape index (κ3) is 10.9. The number of ether oxygens (including phenoxy) is 3. The Hall–Kier alpha value is -5.72.